The smallest absolute Gasteiger partial charge is 0.328 e. The summed E-state index contributed by atoms with van der Waals surface area (Å²) in [6.07, 6.45) is 0.559. The largest absolute Gasteiger partial charge is 0.478 e. The van der Waals surface area contributed by atoms with Crippen molar-refractivity contribution in [1.82, 2.24) is 10.6 Å². The quantitative estimate of drug-likeness (QED) is 0.187. The van der Waals surface area contributed by atoms with E-state index in [4.69, 9.17) is 30.9 Å². The molecule has 0 saturated carbocycles. The lowest BCUT2D eigenvalue weighted by atomic mass is 9.80. The first kappa shape index (κ1) is 27.6. The van der Waals surface area contributed by atoms with Crippen LogP contribution in [0.3, 0.4) is 0 Å². The number of halogens is 1. The van der Waals surface area contributed by atoms with Crippen molar-refractivity contribution >= 4 is 23.5 Å². The molecule has 34 heavy (non-hydrogen) atoms. The van der Waals surface area contributed by atoms with Gasteiger partial charge in [0.2, 0.25) is 5.91 Å². The van der Waals surface area contributed by atoms with Crippen LogP contribution in [0.1, 0.15) is 25.3 Å². The van der Waals surface area contributed by atoms with Gasteiger partial charge < -0.3 is 35.1 Å². The molecule has 1 amide bonds. The van der Waals surface area contributed by atoms with Crippen molar-refractivity contribution in [3.8, 4) is 0 Å². The third kappa shape index (κ3) is 7.68. The summed E-state index contributed by atoms with van der Waals surface area (Å²) in [7, 11) is 1.43. The topological polar surface area (TPSA) is 126 Å². The van der Waals surface area contributed by atoms with Crippen LogP contribution in [-0.2, 0) is 23.8 Å². The van der Waals surface area contributed by atoms with Gasteiger partial charge in [-0.3, -0.25) is 4.79 Å². The highest BCUT2D eigenvalue weighted by Gasteiger charge is 2.35. The first-order chi connectivity index (χ1) is 16.3. The van der Waals surface area contributed by atoms with Crippen molar-refractivity contribution in [2.24, 2.45) is 0 Å². The minimum atomic E-state index is -1.20. The number of allylic oxidation sites excluding steroid dienone is 1. The van der Waals surface area contributed by atoms with Gasteiger partial charge in [0.15, 0.2) is 6.29 Å². The van der Waals surface area contributed by atoms with Gasteiger partial charge in [0.1, 0.15) is 0 Å². The van der Waals surface area contributed by atoms with Crippen molar-refractivity contribution < 1.29 is 34.0 Å². The van der Waals surface area contributed by atoms with Crippen LogP contribution >= 0.6 is 11.6 Å². The Labute approximate surface area is 204 Å². The Bertz CT molecular complexity index is 958. The van der Waals surface area contributed by atoms with E-state index in [0.29, 0.717) is 22.9 Å². The molecule has 2 rings (SSSR count). The molecule has 0 saturated heterocycles. The lowest BCUT2D eigenvalue weighted by Crippen LogP contribution is -2.35. The number of carboxylic acid groups (broad SMARTS) is 1. The standard InChI is InChI=1S/C24H31ClN2O7/c1-4-33-13-17-19(14-34-12-11-26-20(28)9-10-21(29)30)27-15(2)22(24(31)32-3)23(17)16-7-5-6-8-18(16)25/h5-10,23-24,27,31H,4,11-14H2,1-3H3,(H,26,28)(H,29,30)/b10-9-. The molecular weight excluding hydrogens is 464 g/mol. The lowest BCUT2D eigenvalue weighted by molar-refractivity contribution is -0.131. The number of ether oxygens (including phenoxy) is 3. The van der Waals surface area contributed by atoms with E-state index in [1.165, 1.54) is 7.11 Å². The number of aliphatic hydroxyl groups is 1. The fraction of sp³-hybridized carbons (Fsp3) is 0.417. The fourth-order valence-corrected chi connectivity index (χ4v) is 3.86. The van der Waals surface area contributed by atoms with Crippen LogP contribution in [0.5, 0.6) is 0 Å². The van der Waals surface area contributed by atoms with Crippen molar-refractivity contribution in [3.63, 3.8) is 0 Å². The molecule has 0 fully saturated rings. The van der Waals surface area contributed by atoms with Crippen LogP contribution in [-0.4, -0.2) is 68.5 Å². The summed E-state index contributed by atoms with van der Waals surface area (Å²) in [6, 6.07) is 7.41. The Hall–Kier alpha value is -2.69. The summed E-state index contributed by atoms with van der Waals surface area (Å²) in [4.78, 5) is 22.0. The van der Waals surface area contributed by atoms with Crippen LogP contribution in [0.15, 0.2) is 59.0 Å². The van der Waals surface area contributed by atoms with Gasteiger partial charge in [0.25, 0.3) is 0 Å². The number of dihydropyridines is 1. The van der Waals surface area contributed by atoms with Crippen LogP contribution in [0.2, 0.25) is 5.02 Å². The number of rotatable bonds is 13. The molecule has 0 spiro atoms. The Morgan fingerprint density at radius 3 is 2.62 bits per heavy atom. The second kappa shape index (κ2) is 13.9. The average Bonchev–Trinajstić information content (AvgIpc) is 2.81. The highest BCUT2D eigenvalue weighted by atomic mass is 35.5. The van der Waals surface area contributed by atoms with Crippen molar-refractivity contribution in [3.05, 3.63) is 69.5 Å². The number of aliphatic carboxylic acids is 1. The summed E-state index contributed by atoms with van der Waals surface area (Å²) in [6.45, 7) is 5.10. The van der Waals surface area contributed by atoms with E-state index in [2.05, 4.69) is 10.6 Å². The second-order valence-corrected chi connectivity index (χ2v) is 7.81. The van der Waals surface area contributed by atoms with Crippen LogP contribution in [0.25, 0.3) is 0 Å². The van der Waals surface area contributed by atoms with E-state index in [1.807, 2.05) is 32.0 Å². The Balaban J connectivity index is 2.25. The molecule has 4 N–H and O–H groups in total. The summed E-state index contributed by atoms with van der Waals surface area (Å²) in [5.74, 6) is -2.11. The molecule has 2 unspecified atom stereocenters. The summed E-state index contributed by atoms with van der Waals surface area (Å²) in [5.41, 5.74) is 3.76. The third-order valence-corrected chi connectivity index (χ3v) is 5.50. The number of aliphatic hydroxyl groups excluding tert-OH is 1. The molecular formula is C24H31ClN2O7. The monoisotopic (exact) mass is 494 g/mol. The maximum absolute atomic E-state index is 11.6. The molecule has 1 aromatic rings. The van der Waals surface area contributed by atoms with Crippen molar-refractivity contribution in [1.29, 1.82) is 0 Å². The maximum Gasteiger partial charge on any atom is 0.328 e. The predicted molar refractivity (Wildman–Crippen MR) is 127 cm³/mol. The third-order valence-electron chi connectivity index (χ3n) is 5.16. The number of methoxy groups -OCH3 is 1. The van der Waals surface area contributed by atoms with Gasteiger partial charge in [-0.15, -0.1) is 0 Å². The minimum Gasteiger partial charge on any atom is -0.478 e. The molecule has 1 aliphatic rings. The van der Waals surface area contributed by atoms with E-state index in [1.54, 1.807) is 6.07 Å². The predicted octanol–water partition coefficient (Wildman–Crippen LogP) is 2.33. The zero-order chi connectivity index (χ0) is 25.1. The first-order valence-corrected chi connectivity index (χ1v) is 11.2. The van der Waals surface area contributed by atoms with Gasteiger partial charge in [0, 0.05) is 60.3 Å². The fourth-order valence-electron chi connectivity index (χ4n) is 3.61. The number of carboxylic acids is 1. The van der Waals surface area contributed by atoms with Crippen LogP contribution < -0.4 is 10.6 Å². The zero-order valence-electron chi connectivity index (χ0n) is 19.5. The number of carbonyl (C=O) groups excluding carboxylic acids is 1. The normalized spacial score (nSPS) is 17.1. The second-order valence-electron chi connectivity index (χ2n) is 7.40. The molecule has 9 nitrogen and oxygen atoms in total. The summed E-state index contributed by atoms with van der Waals surface area (Å²) < 4.78 is 16.8. The SMILES string of the molecule is CCOCC1=C(COCCNC(=O)/C=C\C(=O)O)NC(C)=C(C(O)OC)C1c1ccccc1Cl. The number of hydrogen-bond acceptors (Lipinski definition) is 7. The zero-order valence-corrected chi connectivity index (χ0v) is 20.2. The van der Waals surface area contributed by atoms with Gasteiger partial charge >= 0.3 is 5.97 Å². The highest BCUT2D eigenvalue weighted by Crippen LogP contribution is 2.42. The molecule has 1 heterocycles. The van der Waals surface area contributed by atoms with Crippen LogP contribution in [0, 0.1) is 0 Å². The van der Waals surface area contributed by atoms with Gasteiger partial charge in [-0.1, -0.05) is 29.8 Å². The molecule has 1 aromatic carbocycles. The summed E-state index contributed by atoms with van der Waals surface area (Å²) in [5, 5.41) is 25.6. The Morgan fingerprint density at radius 2 is 1.97 bits per heavy atom. The lowest BCUT2D eigenvalue weighted by Gasteiger charge is -2.35. The molecule has 0 bridgehead atoms. The average molecular weight is 495 g/mol. The van der Waals surface area contributed by atoms with E-state index in [0.717, 1.165) is 29.0 Å². The number of carbonyl (C=O) groups is 2. The molecule has 10 heteroatoms. The number of benzene rings is 1. The highest BCUT2D eigenvalue weighted by molar-refractivity contribution is 6.31. The molecule has 186 valence electrons. The van der Waals surface area contributed by atoms with Crippen molar-refractivity contribution in [2.45, 2.75) is 26.1 Å². The molecule has 0 radical (unpaired) electrons. The molecule has 0 aliphatic carbocycles. The number of hydrogen-bond donors (Lipinski definition) is 4. The molecule has 2 atom stereocenters. The number of amides is 1. The Morgan fingerprint density at radius 1 is 1.24 bits per heavy atom. The van der Waals surface area contributed by atoms with Crippen molar-refractivity contribution in [2.75, 3.05) is 40.1 Å². The van der Waals surface area contributed by atoms with Gasteiger partial charge in [-0.05, 0) is 31.1 Å². The van der Waals surface area contributed by atoms with E-state index >= 15 is 0 Å². The minimum absolute atomic E-state index is 0.192. The van der Waals surface area contributed by atoms with Gasteiger partial charge in [-0.2, -0.15) is 0 Å². The van der Waals surface area contributed by atoms with E-state index < -0.39 is 24.1 Å². The first-order valence-electron chi connectivity index (χ1n) is 10.8. The maximum atomic E-state index is 11.6. The van der Waals surface area contributed by atoms with Gasteiger partial charge in [-0.25, -0.2) is 4.79 Å². The van der Waals surface area contributed by atoms with E-state index in [9.17, 15) is 14.7 Å². The number of nitrogens with one attached hydrogen (secondary N) is 2. The van der Waals surface area contributed by atoms with Crippen LogP contribution in [0.4, 0.5) is 0 Å². The molecule has 1 aliphatic heterocycles. The Kier molecular flexibility index (Phi) is 11.2. The molecule has 0 aromatic heterocycles. The van der Waals surface area contributed by atoms with Gasteiger partial charge in [0.05, 0.1) is 19.8 Å². The van der Waals surface area contributed by atoms with E-state index in [-0.39, 0.29) is 26.4 Å². The summed E-state index contributed by atoms with van der Waals surface area (Å²) >= 11 is 6.54.